The van der Waals surface area contributed by atoms with Gasteiger partial charge in [0.2, 0.25) is 5.91 Å². The Bertz CT molecular complexity index is 991. The summed E-state index contributed by atoms with van der Waals surface area (Å²) in [4.78, 5) is 26.1. The number of fused-ring (bicyclic) bond motifs is 1. The molecule has 0 aromatic heterocycles. The first-order chi connectivity index (χ1) is 15.5. The van der Waals surface area contributed by atoms with Gasteiger partial charge in [-0.15, -0.1) is 11.8 Å². The van der Waals surface area contributed by atoms with Gasteiger partial charge in [0.1, 0.15) is 5.75 Å². The van der Waals surface area contributed by atoms with Crippen molar-refractivity contribution < 1.29 is 14.3 Å². The third-order valence-corrected chi connectivity index (χ3v) is 7.69. The van der Waals surface area contributed by atoms with E-state index >= 15 is 0 Å². The highest BCUT2D eigenvalue weighted by atomic mass is 35.5. The Balaban J connectivity index is 1.29. The molecular weight excluding hydrogens is 444 g/mol. The second kappa shape index (κ2) is 10.5. The summed E-state index contributed by atoms with van der Waals surface area (Å²) < 4.78 is 5.19. The van der Waals surface area contributed by atoms with Gasteiger partial charge in [0.05, 0.1) is 12.0 Å². The molecule has 1 saturated heterocycles. The Labute approximate surface area is 197 Å². The first-order valence-electron chi connectivity index (χ1n) is 10.9. The van der Waals surface area contributed by atoms with Crippen molar-refractivity contribution in [2.75, 3.05) is 13.7 Å². The van der Waals surface area contributed by atoms with E-state index in [1.165, 1.54) is 0 Å². The fourth-order valence-electron chi connectivity index (χ4n) is 4.21. The van der Waals surface area contributed by atoms with Crippen molar-refractivity contribution in [3.8, 4) is 5.75 Å². The lowest BCUT2D eigenvalue weighted by atomic mass is 9.84. The molecule has 2 N–H and O–H groups in total. The second-order valence-electron chi connectivity index (χ2n) is 8.20. The van der Waals surface area contributed by atoms with Gasteiger partial charge in [-0.1, -0.05) is 35.9 Å². The van der Waals surface area contributed by atoms with Crippen LogP contribution in [0.3, 0.4) is 0 Å². The van der Waals surface area contributed by atoms with Gasteiger partial charge >= 0.3 is 0 Å². The van der Waals surface area contributed by atoms with Crippen molar-refractivity contribution in [2.45, 2.75) is 37.0 Å². The topological polar surface area (TPSA) is 67.4 Å². The Kier molecular flexibility index (Phi) is 7.43. The van der Waals surface area contributed by atoms with Crippen LogP contribution in [-0.2, 0) is 16.0 Å². The number of hydrogen-bond donors (Lipinski definition) is 2. The van der Waals surface area contributed by atoms with Crippen LogP contribution in [0.2, 0.25) is 5.02 Å². The lowest BCUT2D eigenvalue weighted by Gasteiger charge is -2.39. The van der Waals surface area contributed by atoms with E-state index < -0.39 is 0 Å². The SMILES string of the molecule is COc1ccc(/C=C2/SC3CCC(C(=O)NCCc4ccc(Cl)cc4)CC3NC2=O)cc1. The highest BCUT2D eigenvalue weighted by Gasteiger charge is 2.39. The number of rotatable bonds is 6. The van der Waals surface area contributed by atoms with Crippen LogP contribution < -0.4 is 15.4 Å². The summed E-state index contributed by atoms with van der Waals surface area (Å²) in [6.07, 6.45) is 5.13. The maximum absolute atomic E-state index is 12.7. The minimum Gasteiger partial charge on any atom is -0.497 e. The Hall–Kier alpha value is -2.44. The molecular formula is C25H27ClN2O3S. The molecule has 1 aliphatic heterocycles. The Morgan fingerprint density at radius 2 is 1.94 bits per heavy atom. The van der Waals surface area contributed by atoms with Crippen LogP contribution in [0.15, 0.2) is 53.4 Å². The predicted molar refractivity (Wildman–Crippen MR) is 130 cm³/mol. The molecule has 168 valence electrons. The number of benzene rings is 2. The van der Waals surface area contributed by atoms with Crippen LogP contribution in [-0.4, -0.2) is 36.8 Å². The zero-order chi connectivity index (χ0) is 22.5. The summed E-state index contributed by atoms with van der Waals surface area (Å²) in [6, 6.07) is 15.4. The molecule has 3 atom stereocenters. The summed E-state index contributed by atoms with van der Waals surface area (Å²) in [5.41, 5.74) is 2.11. The lowest BCUT2D eigenvalue weighted by molar-refractivity contribution is -0.127. The standard InChI is InChI=1S/C25H27ClN2O3S/c1-31-20-9-4-17(5-10-20)14-23-25(30)28-21-15-18(6-11-22(21)32-23)24(29)27-13-12-16-2-7-19(26)8-3-16/h2-5,7-10,14,18,21-22H,6,11-13,15H2,1H3,(H,27,29)(H,28,30)/b23-14+. The number of thioether (sulfide) groups is 1. The van der Waals surface area contributed by atoms with Crippen LogP contribution in [0.25, 0.3) is 6.08 Å². The van der Waals surface area contributed by atoms with E-state index in [9.17, 15) is 9.59 Å². The molecule has 0 spiro atoms. The van der Waals surface area contributed by atoms with Gasteiger partial charge in [0.25, 0.3) is 5.91 Å². The van der Waals surface area contributed by atoms with Crippen molar-refractivity contribution in [1.82, 2.24) is 10.6 Å². The molecule has 1 heterocycles. The first kappa shape index (κ1) is 22.7. The molecule has 2 aliphatic rings. The van der Waals surface area contributed by atoms with E-state index in [2.05, 4.69) is 10.6 Å². The van der Waals surface area contributed by atoms with Crippen molar-refractivity contribution in [3.63, 3.8) is 0 Å². The minimum atomic E-state index is -0.0607. The van der Waals surface area contributed by atoms with Crippen LogP contribution >= 0.6 is 23.4 Å². The third kappa shape index (κ3) is 5.67. The fraction of sp³-hybridized carbons (Fsp3) is 0.360. The summed E-state index contributed by atoms with van der Waals surface area (Å²) in [6.45, 7) is 0.598. The van der Waals surface area contributed by atoms with Crippen LogP contribution in [0.5, 0.6) is 5.75 Å². The maximum Gasteiger partial charge on any atom is 0.257 e. The molecule has 0 bridgehead atoms. The smallest absolute Gasteiger partial charge is 0.257 e. The normalized spacial score (nSPS) is 23.9. The first-order valence-corrected chi connectivity index (χ1v) is 12.1. The van der Waals surface area contributed by atoms with E-state index in [-0.39, 0.29) is 23.8 Å². The van der Waals surface area contributed by atoms with Gasteiger partial charge in [-0.25, -0.2) is 0 Å². The molecule has 2 aromatic rings. The molecule has 4 rings (SSSR count). The zero-order valence-corrected chi connectivity index (χ0v) is 19.5. The number of amides is 2. The predicted octanol–water partition coefficient (Wildman–Crippen LogP) is 4.45. The monoisotopic (exact) mass is 470 g/mol. The third-order valence-electron chi connectivity index (χ3n) is 6.02. The van der Waals surface area contributed by atoms with E-state index in [0.717, 1.165) is 41.0 Å². The molecule has 5 nitrogen and oxygen atoms in total. The van der Waals surface area contributed by atoms with Crippen LogP contribution in [0, 0.1) is 5.92 Å². The molecule has 1 aliphatic carbocycles. The van der Waals surface area contributed by atoms with Crippen molar-refractivity contribution >= 4 is 41.3 Å². The van der Waals surface area contributed by atoms with Crippen molar-refractivity contribution in [2.24, 2.45) is 5.92 Å². The van der Waals surface area contributed by atoms with Gasteiger partial charge in [-0.3, -0.25) is 9.59 Å². The number of carbonyl (C=O) groups is 2. The molecule has 3 unspecified atom stereocenters. The largest absolute Gasteiger partial charge is 0.497 e. The number of methoxy groups -OCH3 is 1. The maximum atomic E-state index is 12.7. The average molecular weight is 471 g/mol. The quantitative estimate of drug-likeness (QED) is 0.612. The average Bonchev–Trinajstić information content (AvgIpc) is 2.81. The minimum absolute atomic E-state index is 0.0290. The van der Waals surface area contributed by atoms with Gasteiger partial charge in [0.15, 0.2) is 0 Å². The number of carbonyl (C=O) groups excluding carboxylic acids is 2. The van der Waals surface area contributed by atoms with E-state index in [1.807, 2.05) is 54.6 Å². The molecule has 1 saturated carbocycles. The Morgan fingerprint density at radius 3 is 2.66 bits per heavy atom. The number of halogens is 1. The van der Waals surface area contributed by atoms with E-state index in [0.29, 0.717) is 23.2 Å². The van der Waals surface area contributed by atoms with Gasteiger partial charge in [-0.2, -0.15) is 0 Å². The lowest BCUT2D eigenvalue weighted by Crippen LogP contribution is -2.51. The molecule has 2 amide bonds. The molecule has 0 radical (unpaired) electrons. The van der Waals surface area contributed by atoms with Gasteiger partial charge < -0.3 is 15.4 Å². The molecule has 2 fully saturated rings. The highest BCUT2D eigenvalue weighted by Crippen LogP contribution is 2.40. The van der Waals surface area contributed by atoms with Crippen molar-refractivity contribution in [1.29, 1.82) is 0 Å². The molecule has 32 heavy (non-hydrogen) atoms. The summed E-state index contributed by atoms with van der Waals surface area (Å²) >= 11 is 7.55. The Morgan fingerprint density at radius 1 is 1.19 bits per heavy atom. The zero-order valence-electron chi connectivity index (χ0n) is 18.0. The van der Waals surface area contributed by atoms with E-state index in [1.54, 1.807) is 18.9 Å². The number of ether oxygens (including phenoxy) is 1. The fourth-order valence-corrected chi connectivity index (χ4v) is 5.63. The number of nitrogens with one attached hydrogen (secondary N) is 2. The second-order valence-corrected chi connectivity index (χ2v) is 9.91. The molecule has 2 aromatic carbocycles. The van der Waals surface area contributed by atoms with Crippen LogP contribution in [0.4, 0.5) is 0 Å². The van der Waals surface area contributed by atoms with E-state index in [4.69, 9.17) is 16.3 Å². The molecule has 7 heteroatoms. The van der Waals surface area contributed by atoms with Crippen LogP contribution in [0.1, 0.15) is 30.4 Å². The summed E-state index contributed by atoms with van der Waals surface area (Å²) in [7, 11) is 1.63. The summed E-state index contributed by atoms with van der Waals surface area (Å²) in [5, 5.41) is 7.21. The number of hydrogen-bond acceptors (Lipinski definition) is 4. The van der Waals surface area contributed by atoms with Crippen molar-refractivity contribution in [3.05, 3.63) is 69.6 Å². The van der Waals surface area contributed by atoms with Gasteiger partial charge in [0, 0.05) is 28.8 Å². The highest BCUT2D eigenvalue weighted by molar-refractivity contribution is 8.04. The van der Waals surface area contributed by atoms with Gasteiger partial charge in [-0.05, 0) is 67.2 Å². The summed E-state index contributed by atoms with van der Waals surface area (Å²) in [5.74, 6) is 0.749.